The molecule has 1 aromatic heterocycles. The summed E-state index contributed by atoms with van der Waals surface area (Å²) >= 11 is 12.3. The van der Waals surface area contributed by atoms with Crippen molar-refractivity contribution in [3.8, 4) is 0 Å². The molecule has 1 aliphatic carbocycles. The lowest BCUT2D eigenvalue weighted by molar-refractivity contribution is 0.0934. The van der Waals surface area contributed by atoms with E-state index in [2.05, 4.69) is 10.3 Å². The molecule has 0 fully saturated rings. The number of likely N-dealkylation sites (N-methyl/N-ethyl adjacent to an activating group) is 1. The maximum atomic E-state index is 12.6. The molecular weight excluding hydrogens is 349 g/mol. The summed E-state index contributed by atoms with van der Waals surface area (Å²) < 4.78 is 0. The molecule has 3 rings (SSSR count). The number of hydrogen-bond donors (Lipinski definition) is 2. The van der Waals surface area contributed by atoms with Gasteiger partial charge in [-0.3, -0.25) is 4.98 Å². The second-order valence-corrected chi connectivity index (χ2v) is 6.74. The Morgan fingerprint density at radius 2 is 2.12 bits per heavy atom. The molecule has 2 unspecified atom stereocenters. The molecule has 1 aromatic carbocycles. The number of aliphatic hydroxyl groups is 1. The van der Waals surface area contributed by atoms with Crippen molar-refractivity contribution in [2.45, 2.75) is 25.5 Å². The van der Waals surface area contributed by atoms with Gasteiger partial charge in [-0.15, -0.1) is 0 Å². The number of aliphatic hydroxyl groups excluding tert-OH is 1. The Morgan fingerprint density at radius 1 is 1.38 bits per heavy atom. The Balaban J connectivity index is 1.85. The van der Waals surface area contributed by atoms with Gasteiger partial charge in [-0.1, -0.05) is 23.2 Å². The van der Waals surface area contributed by atoms with Gasteiger partial charge in [0.15, 0.2) is 0 Å². The molecule has 2 aromatic rings. The Bertz CT molecular complexity index is 797. The molecule has 5 nitrogen and oxygen atoms in total. The fourth-order valence-electron chi connectivity index (χ4n) is 3.06. The summed E-state index contributed by atoms with van der Waals surface area (Å²) in [7, 11) is 1.64. The maximum Gasteiger partial charge on any atom is 0.322 e. The molecule has 0 saturated carbocycles. The van der Waals surface area contributed by atoms with Crippen molar-refractivity contribution in [2.24, 2.45) is 0 Å². The van der Waals surface area contributed by atoms with Crippen LogP contribution in [0.1, 0.15) is 22.9 Å². The van der Waals surface area contributed by atoms with Gasteiger partial charge in [0.25, 0.3) is 0 Å². The van der Waals surface area contributed by atoms with E-state index >= 15 is 0 Å². The fourth-order valence-corrected chi connectivity index (χ4v) is 3.65. The quantitative estimate of drug-likeness (QED) is 0.849. The van der Waals surface area contributed by atoms with Crippen LogP contribution in [0.15, 0.2) is 30.5 Å². The van der Waals surface area contributed by atoms with Crippen LogP contribution >= 0.6 is 23.2 Å². The summed E-state index contributed by atoms with van der Waals surface area (Å²) in [6, 6.07) is 6.07. The first-order chi connectivity index (χ1) is 11.4. The van der Waals surface area contributed by atoms with E-state index in [1.54, 1.807) is 37.5 Å². The van der Waals surface area contributed by atoms with Crippen molar-refractivity contribution in [3.63, 3.8) is 0 Å². The van der Waals surface area contributed by atoms with Crippen molar-refractivity contribution >= 4 is 34.9 Å². The number of aryl methyl sites for hydroxylation is 1. The number of carbonyl (C=O) groups is 1. The van der Waals surface area contributed by atoms with Crippen LogP contribution in [0.3, 0.4) is 0 Å². The van der Waals surface area contributed by atoms with Crippen molar-refractivity contribution in [1.29, 1.82) is 0 Å². The van der Waals surface area contributed by atoms with Gasteiger partial charge < -0.3 is 15.3 Å². The third-order valence-electron chi connectivity index (χ3n) is 4.18. The van der Waals surface area contributed by atoms with Crippen LogP contribution < -0.4 is 5.32 Å². The zero-order valence-corrected chi connectivity index (χ0v) is 14.8. The topological polar surface area (TPSA) is 65.5 Å². The third kappa shape index (κ3) is 3.20. The number of anilines is 1. The van der Waals surface area contributed by atoms with Gasteiger partial charge in [-0.2, -0.15) is 0 Å². The molecule has 0 spiro atoms. The van der Waals surface area contributed by atoms with Crippen molar-refractivity contribution in [1.82, 2.24) is 9.88 Å². The summed E-state index contributed by atoms with van der Waals surface area (Å²) in [5, 5.41) is 14.2. The highest BCUT2D eigenvalue weighted by Crippen LogP contribution is 2.40. The molecule has 24 heavy (non-hydrogen) atoms. The second kappa shape index (κ2) is 6.59. The molecule has 2 amide bonds. The number of hydrogen-bond acceptors (Lipinski definition) is 3. The largest absolute Gasteiger partial charge is 0.390 e. The van der Waals surface area contributed by atoms with Gasteiger partial charge >= 0.3 is 6.03 Å². The van der Waals surface area contributed by atoms with Crippen LogP contribution in [-0.4, -0.2) is 34.2 Å². The minimum atomic E-state index is -0.731. The summed E-state index contributed by atoms with van der Waals surface area (Å²) in [4.78, 5) is 18.1. The van der Waals surface area contributed by atoms with E-state index in [0.717, 1.165) is 16.8 Å². The normalized spacial score (nSPS) is 19.0. The highest BCUT2D eigenvalue weighted by molar-refractivity contribution is 6.35. The molecule has 0 bridgehead atoms. The number of amides is 2. The number of nitrogens with one attached hydrogen (secondary N) is 1. The highest BCUT2D eigenvalue weighted by Gasteiger charge is 2.37. The van der Waals surface area contributed by atoms with Crippen LogP contribution in [0.5, 0.6) is 0 Å². The van der Waals surface area contributed by atoms with Crippen LogP contribution in [0, 0.1) is 6.92 Å². The molecule has 7 heteroatoms. The predicted molar refractivity (Wildman–Crippen MR) is 94.7 cm³/mol. The average Bonchev–Trinajstić information content (AvgIpc) is 2.83. The third-order valence-corrected chi connectivity index (χ3v) is 4.73. The Labute approximate surface area is 150 Å². The lowest BCUT2D eigenvalue weighted by Crippen LogP contribution is -2.38. The zero-order chi connectivity index (χ0) is 17.4. The first kappa shape index (κ1) is 17.0. The summed E-state index contributed by atoms with van der Waals surface area (Å²) in [5.74, 6) is 0. The average molecular weight is 366 g/mol. The van der Waals surface area contributed by atoms with Crippen molar-refractivity contribution in [2.75, 3.05) is 12.4 Å². The Hall–Kier alpha value is -1.82. The second-order valence-electron chi connectivity index (χ2n) is 5.90. The minimum Gasteiger partial charge on any atom is -0.390 e. The number of halogens is 2. The molecule has 1 aliphatic rings. The van der Waals surface area contributed by atoms with Gasteiger partial charge in [-0.05, 0) is 42.3 Å². The van der Waals surface area contributed by atoms with E-state index in [4.69, 9.17) is 23.2 Å². The Morgan fingerprint density at radius 3 is 2.83 bits per heavy atom. The number of nitrogens with zero attached hydrogens (tertiary/aromatic N) is 2. The minimum absolute atomic E-state index is 0.325. The number of carbonyl (C=O) groups excluding carboxylic acids is 1. The van der Waals surface area contributed by atoms with E-state index in [1.807, 2.05) is 6.92 Å². The SMILES string of the molecule is Cc1cc(NC(=O)N(C)C2c3cc(Cl)cc(Cl)c3CC2O)ccn1. The molecule has 2 atom stereocenters. The van der Waals surface area contributed by atoms with Gasteiger partial charge in [0, 0.05) is 41.1 Å². The number of benzene rings is 1. The number of aromatic nitrogens is 1. The number of fused-ring (bicyclic) bond motifs is 1. The zero-order valence-electron chi connectivity index (χ0n) is 13.3. The molecule has 1 heterocycles. The van der Waals surface area contributed by atoms with E-state index in [0.29, 0.717) is 22.2 Å². The highest BCUT2D eigenvalue weighted by atomic mass is 35.5. The van der Waals surface area contributed by atoms with Crippen LogP contribution in [-0.2, 0) is 6.42 Å². The van der Waals surface area contributed by atoms with Crippen LogP contribution in [0.4, 0.5) is 10.5 Å². The summed E-state index contributed by atoms with van der Waals surface area (Å²) in [6.07, 6.45) is 1.29. The monoisotopic (exact) mass is 365 g/mol. The molecule has 126 valence electrons. The number of pyridine rings is 1. The first-order valence-electron chi connectivity index (χ1n) is 7.49. The van der Waals surface area contributed by atoms with E-state index in [-0.39, 0.29) is 6.03 Å². The molecule has 0 aliphatic heterocycles. The van der Waals surface area contributed by atoms with Gasteiger partial charge in [0.05, 0.1) is 12.1 Å². The van der Waals surface area contributed by atoms with E-state index in [9.17, 15) is 9.90 Å². The van der Waals surface area contributed by atoms with Crippen LogP contribution in [0.25, 0.3) is 0 Å². The fraction of sp³-hybridized carbons (Fsp3) is 0.294. The van der Waals surface area contributed by atoms with E-state index in [1.165, 1.54) is 4.90 Å². The lowest BCUT2D eigenvalue weighted by Gasteiger charge is -2.28. The maximum absolute atomic E-state index is 12.6. The number of rotatable bonds is 2. The molecular formula is C17H17Cl2N3O2. The first-order valence-corrected chi connectivity index (χ1v) is 8.24. The van der Waals surface area contributed by atoms with Gasteiger partial charge in [0.2, 0.25) is 0 Å². The predicted octanol–water partition coefficient (Wildman–Crippen LogP) is 3.82. The summed E-state index contributed by atoms with van der Waals surface area (Å²) in [6.45, 7) is 1.85. The van der Waals surface area contributed by atoms with Gasteiger partial charge in [-0.25, -0.2) is 4.79 Å². The smallest absolute Gasteiger partial charge is 0.322 e. The molecule has 0 saturated heterocycles. The van der Waals surface area contributed by atoms with E-state index < -0.39 is 12.1 Å². The molecule has 0 radical (unpaired) electrons. The van der Waals surface area contributed by atoms with Crippen molar-refractivity contribution < 1.29 is 9.90 Å². The Kier molecular flexibility index (Phi) is 4.67. The molecule has 2 N–H and O–H groups in total. The van der Waals surface area contributed by atoms with Crippen molar-refractivity contribution in [3.05, 3.63) is 57.3 Å². The van der Waals surface area contributed by atoms with Gasteiger partial charge in [0.1, 0.15) is 0 Å². The lowest BCUT2D eigenvalue weighted by atomic mass is 10.1. The standard InChI is InChI=1S/C17H17Cl2N3O2/c1-9-5-11(3-4-20-9)21-17(24)22(2)16-13-6-10(18)7-14(19)12(13)8-15(16)23/h3-7,15-16,23H,8H2,1-2H3,(H,20,21,24). The number of urea groups is 1. The van der Waals surface area contributed by atoms with Crippen LogP contribution in [0.2, 0.25) is 10.0 Å². The summed E-state index contributed by atoms with van der Waals surface area (Å²) in [5.41, 5.74) is 3.07.